The largest absolute Gasteiger partial charge is 0.312 e. The Kier molecular flexibility index (Phi) is 5.42. The van der Waals surface area contributed by atoms with Crippen molar-refractivity contribution in [1.82, 2.24) is 9.62 Å². The maximum absolute atomic E-state index is 12.5. The van der Waals surface area contributed by atoms with Crippen LogP contribution in [0.25, 0.3) is 0 Å². The molecule has 2 heterocycles. The van der Waals surface area contributed by atoms with E-state index in [-0.39, 0.29) is 28.8 Å². The van der Waals surface area contributed by atoms with Crippen LogP contribution in [-0.4, -0.2) is 52.3 Å². The predicted molar refractivity (Wildman–Crippen MR) is 83.7 cm³/mol. The van der Waals surface area contributed by atoms with Gasteiger partial charge in [-0.05, 0) is 25.1 Å². The van der Waals surface area contributed by atoms with E-state index in [4.69, 9.17) is 0 Å². The summed E-state index contributed by atoms with van der Waals surface area (Å²) < 4.78 is 49.2. The molecule has 0 radical (unpaired) electrons. The first-order chi connectivity index (χ1) is 9.85. The van der Waals surface area contributed by atoms with Gasteiger partial charge in [0.2, 0.25) is 0 Å². The van der Waals surface area contributed by atoms with Gasteiger partial charge in [0, 0.05) is 24.5 Å². The molecule has 0 amide bonds. The number of thiophene rings is 1. The second-order valence-electron chi connectivity index (χ2n) is 4.95. The van der Waals surface area contributed by atoms with Crippen LogP contribution in [0.5, 0.6) is 0 Å². The monoisotopic (exact) mass is 352 g/mol. The van der Waals surface area contributed by atoms with E-state index in [1.54, 1.807) is 12.1 Å². The highest BCUT2D eigenvalue weighted by Crippen LogP contribution is 2.26. The molecule has 0 saturated carbocycles. The minimum atomic E-state index is -3.56. The number of nitrogens with zero attached hydrogens (tertiary/aromatic N) is 1. The van der Waals surface area contributed by atoms with Crippen LogP contribution < -0.4 is 5.32 Å². The maximum atomic E-state index is 12.5. The molecule has 1 aliphatic rings. The minimum absolute atomic E-state index is 0.0476. The van der Waals surface area contributed by atoms with Crippen molar-refractivity contribution in [3.8, 4) is 0 Å². The summed E-state index contributed by atoms with van der Waals surface area (Å²) in [7, 11) is -6.64. The molecule has 0 atom stereocenters. The topological polar surface area (TPSA) is 83.6 Å². The average Bonchev–Trinajstić information content (AvgIpc) is 2.88. The highest BCUT2D eigenvalue weighted by Gasteiger charge is 2.32. The van der Waals surface area contributed by atoms with Crippen LogP contribution in [0, 0.1) is 0 Å². The summed E-state index contributed by atoms with van der Waals surface area (Å²) in [5.74, 6) is -0.189. The molecule has 2 rings (SSSR count). The fourth-order valence-electron chi connectivity index (χ4n) is 2.04. The van der Waals surface area contributed by atoms with Crippen molar-refractivity contribution in [2.75, 3.05) is 31.1 Å². The van der Waals surface area contributed by atoms with Crippen LogP contribution in [0.4, 0.5) is 0 Å². The lowest BCUT2D eigenvalue weighted by atomic mass is 10.4. The first-order valence-corrected chi connectivity index (χ1v) is 10.9. The molecule has 9 heteroatoms. The molecule has 1 aromatic rings. The van der Waals surface area contributed by atoms with E-state index < -0.39 is 19.9 Å². The fraction of sp³-hybridized carbons (Fsp3) is 0.667. The van der Waals surface area contributed by atoms with Gasteiger partial charge in [-0.15, -0.1) is 11.3 Å². The number of rotatable bonds is 6. The number of sulfonamides is 1. The van der Waals surface area contributed by atoms with Crippen molar-refractivity contribution >= 4 is 31.2 Å². The molecule has 1 fully saturated rings. The van der Waals surface area contributed by atoms with Gasteiger partial charge in [-0.1, -0.05) is 6.92 Å². The normalized spacial score (nSPS) is 19.7. The molecule has 1 saturated heterocycles. The Morgan fingerprint density at radius 1 is 1.29 bits per heavy atom. The second kappa shape index (κ2) is 6.74. The van der Waals surface area contributed by atoms with Crippen molar-refractivity contribution in [2.24, 2.45) is 0 Å². The summed E-state index contributed by atoms with van der Waals surface area (Å²) in [6.45, 7) is 3.71. The number of sulfone groups is 1. The highest BCUT2D eigenvalue weighted by atomic mass is 32.2. The summed E-state index contributed by atoms with van der Waals surface area (Å²) in [6.07, 6.45) is 1.03. The molecule has 0 unspecified atom stereocenters. The number of hydrogen-bond donors (Lipinski definition) is 1. The van der Waals surface area contributed by atoms with Gasteiger partial charge in [-0.25, -0.2) is 16.8 Å². The highest BCUT2D eigenvalue weighted by molar-refractivity contribution is 7.92. The van der Waals surface area contributed by atoms with E-state index in [0.717, 1.165) is 17.8 Å². The molecule has 1 N–H and O–H groups in total. The van der Waals surface area contributed by atoms with Crippen LogP contribution in [0.15, 0.2) is 16.3 Å². The van der Waals surface area contributed by atoms with Crippen molar-refractivity contribution < 1.29 is 16.8 Å². The molecule has 120 valence electrons. The Morgan fingerprint density at radius 2 is 1.95 bits per heavy atom. The Balaban J connectivity index is 2.06. The minimum Gasteiger partial charge on any atom is -0.312 e. The van der Waals surface area contributed by atoms with Gasteiger partial charge >= 0.3 is 0 Å². The zero-order chi connectivity index (χ0) is 15.5. The van der Waals surface area contributed by atoms with Crippen molar-refractivity contribution in [2.45, 2.75) is 24.1 Å². The van der Waals surface area contributed by atoms with Crippen LogP contribution in [-0.2, 0) is 26.4 Å². The summed E-state index contributed by atoms with van der Waals surface area (Å²) >= 11 is 1.24. The van der Waals surface area contributed by atoms with Crippen molar-refractivity contribution in [3.05, 3.63) is 17.0 Å². The lowest BCUT2D eigenvalue weighted by Crippen LogP contribution is -2.43. The molecule has 21 heavy (non-hydrogen) atoms. The van der Waals surface area contributed by atoms with Crippen LogP contribution in [0.3, 0.4) is 0 Å². The van der Waals surface area contributed by atoms with E-state index in [1.165, 1.54) is 15.6 Å². The Morgan fingerprint density at radius 3 is 2.57 bits per heavy atom. The van der Waals surface area contributed by atoms with Gasteiger partial charge in [0.25, 0.3) is 10.0 Å². The zero-order valence-electron chi connectivity index (χ0n) is 11.9. The zero-order valence-corrected chi connectivity index (χ0v) is 14.4. The van der Waals surface area contributed by atoms with Crippen LogP contribution in [0.1, 0.15) is 18.2 Å². The van der Waals surface area contributed by atoms with Crippen molar-refractivity contribution in [1.29, 1.82) is 0 Å². The molecule has 0 bridgehead atoms. The van der Waals surface area contributed by atoms with Gasteiger partial charge in [-0.3, -0.25) is 0 Å². The lowest BCUT2D eigenvalue weighted by molar-refractivity contribution is 0.432. The van der Waals surface area contributed by atoms with E-state index in [2.05, 4.69) is 12.2 Å². The Hall–Kier alpha value is -0.480. The fourth-order valence-corrected chi connectivity index (χ4v) is 6.40. The first kappa shape index (κ1) is 16.9. The van der Waals surface area contributed by atoms with Gasteiger partial charge in [0.05, 0.1) is 11.5 Å². The first-order valence-electron chi connectivity index (χ1n) is 6.85. The second-order valence-corrected chi connectivity index (χ2v) is 10.6. The molecule has 0 spiro atoms. The number of hydrogen-bond acceptors (Lipinski definition) is 6. The van der Waals surface area contributed by atoms with E-state index in [1.807, 2.05) is 0 Å². The maximum Gasteiger partial charge on any atom is 0.252 e. The van der Waals surface area contributed by atoms with Crippen molar-refractivity contribution in [3.63, 3.8) is 0 Å². The van der Waals surface area contributed by atoms with E-state index in [0.29, 0.717) is 6.54 Å². The summed E-state index contributed by atoms with van der Waals surface area (Å²) in [5.41, 5.74) is 0. The van der Waals surface area contributed by atoms with Gasteiger partial charge in [0.15, 0.2) is 9.84 Å². The van der Waals surface area contributed by atoms with Gasteiger partial charge < -0.3 is 5.32 Å². The van der Waals surface area contributed by atoms with Crippen LogP contribution in [0.2, 0.25) is 0 Å². The van der Waals surface area contributed by atoms with Crippen LogP contribution >= 0.6 is 11.3 Å². The summed E-state index contributed by atoms with van der Waals surface area (Å²) in [5, 5.41) is 3.23. The molecule has 0 aromatic carbocycles. The van der Waals surface area contributed by atoms with Gasteiger partial charge in [0.1, 0.15) is 4.21 Å². The predicted octanol–water partition coefficient (Wildman–Crippen LogP) is 0.667. The lowest BCUT2D eigenvalue weighted by Gasteiger charge is -2.25. The summed E-state index contributed by atoms with van der Waals surface area (Å²) in [6, 6.07) is 3.41. The Labute approximate surface area is 130 Å². The van der Waals surface area contributed by atoms with E-state index >= 15 is 0 Å². The van der Waals surface area contributed by atoms with Gasteiger partial charge in [-0.2, -0.15) is 4.31 Å². The molecular weight excluding hydrogens is 332 g/mol. The smallest absolute Gasteiger partial charge is 0.252 e. The number of nitrogens with one attached hydrogen (secondary N) is 1. The third-order valence-electron chi connectivity index (χ3n) is 3.26. The molecule has 1 aromatic heterocycles. The standard InChI is InChI=1S/C12H20N2O4S3/c1-2-5-13-10-11-3-4-12(19-11)21(17,18)14-6-8-20(15,16)9-7-14/h3-4,13H,2,5-10H2,1H3. The molecule has 6 nitrogen and oxygen atoms in total. The Bertz CT molecular complexity index is 665. The van der Waals surface area contributed by atoms with E-state index in [9.17, 15) is 16.8 Å². The summed E-state index contributed by atoms with van der Waals surface area (Å²) in [4.78, 5) is 0.964. The molecular formula is C12H20N2O4S3. The third-order valence-corrected chi connectivity index (χ3v) is 8.32. The molecule has 1 aliphatic heterocycles. The third kappa shape index (κ3) is 4.26. The molecule has 0 aliphatic carbocycles. The average molecular weight is 353 g/mol. The quantitative estimate of drug-likeness (QED) is 0.761. The SMILES string of the molecule is CCCNCc1ccc(S(=O)(=O)N2CCS(=O)(=O)CC2)s1.